The maximum absolute atomic E-state index is 13.4. The van der Waals surface area contributed by atoms with Crippen LogP contribution in [0.3, 0.4) is 0 Å². The molecule has 1 aliphatic rings. The number of nitrogens with one attached hydrogen (secondary N) is 1. The summed E-state index contributed by atoms with van der Waals surface area (Å²) in [5.74, 6) is -0.280. The Balaban J connectivity index is 1.69. The van der Waals surface area contributed by atoms with Gasteiger partial charge in [-0.05, 0) is 38.1 Å². The second kappa shape index (κ2) is 10.1. The van der Waals surface area contributed by atoms with Gasteiger partial charge in [-0.25, -0.2) is 4.79 Å². The summed E-state index contributed by atoms with van der Waals surface area (Å²) in [4.78, 5) is 30.9. The molecule has 4 rings (SSSR count). The van der Waals surface area contributed by atoms with Crippen LogP contribution in [0.15, 0.2) is 54.6 Å². The highest BCUT2D eigenvalue weighted by Gasteiger charge is 2.34. The van der Waals surface area contributed by atoms with Crippen molar-refractivity contribution in [2.24, 2.45) is 0 Å². The van der Waals surface area contributed by atoms with Crippen molar-refractivity contribution in [2.45, 2.75) is 25.6 Å². The van der Waals surface area contributed by atoms with Crippen LogP contribution in [0.5, 0.6) is 17.5 Å². The average molecular weight is 482 g/mol. The van der Waals surface area contributed by atoms with Crippen molar-refractivity contribution in [1.82, 2.24) is 9.55 Å². The maximum Gasteiger partial charge on any atom is 0.359 e. The number of methoxy groups -OCH3 is 2. The molecule has 1 amide bonds. The van der Waals surface area contributed by atoms with E-state index in [1.54, 1.807) is 44.2 Å². The number of nitrogens with zero attached hydrogens (tertiary/aromatic N) is 2. The molecule has 10 nitrogen and oxygen atoms in total. The molecular weight excluding hydrogens is 454 g/mol. The number of esters is 1. The van der Waals surface area contributed by atoms with Crippen LogP contribution in [0, 0.1) is 0 Å². The number of para-hydroxylation sites is 3. The van der Waals surface area contributed by atoms with Crippen LogP contribution < -0.4 is 19.5 Å². The van der Waals surface area contributed by atoms with Crippen molar-refractivity contribution in [3.63, 3.8) is 0 Å². The second-order valence-corrected chi connectivity index (χ2v) is 8.40. The monoisotopic (exact) mass is 481 g/mol. The van der Waals surface area contributed by atoms with Gasteiger partial charge < -0.3 is 29.0 Å². The Hall–Kier alpha value is -4.05. The number of ether oxygens (including phenoxy) is 5. The number of hydrogen-bond donors (Lipinski definition) is 1. The molecule has 1 N–H and O–H groups in total. The SMILES string of the molecule is COCC(C)(C)OC(=O)c1c(NC(=O)C2COc3ccccc3O2)nc(OC)n1-c1ccccc1. The van der Waals surface area contributed by atoms with Crippen molar-refractivity contribution in [3.8, 4) is 23.2 Å². The van der Waals surface area contributed by atoms with E-state index < -0.39 is 23.6 Å². The summed E-state index contributed by atoms with van der Waals surface area (Å²) in [6.07, 6.45) is -0.952. The molecule has 10 heteroatoms. The van der Waals surface area contributed by atoms with Crippen LogP contribution in [0.2, 0.25) is 0 Å². The van der Waals surface area contributed by atoms with Crippen molar-refractivity contribution >= 4 is 17.7 Å². The molecule has 0 spiro atoms. The first kappa shape index (κ1) is 24.1. The topological polar surface area (TPSA) is 110 Å². The third-order valence-corrected chi connectivity index (χ3v) is 5.14. The van der Waals surface area contributed by atoms with Crippen molar-refractivity contribution in [3.05, 3.63) is 60.3 Å². The van der Waals surface area contributed by atoms with E-state index in [-0.39, 0.29) is 30.7 Å². The van der Waals surface area contributed by atoms with Gasteiger partial charge in [0.2, 0.25) is 6.10 Å². The Kier molecular flexibility index (Phi) is 6.92. The van der Waals surface area contributed by atoms with Gasteiger partial charge in [-0.15, -0.1) is 0 Å². The van der Waals surface area contributed by atoms with E-state index in [1.807, 2.05) is 24.3 Å². The quantitative estimate of drug-likeness (QED) is 0.489. The molecule has 0 saturated carbocycles. The molecule has 0 bridgehead atoms. The lowest BCUT2D eigenvalue weighted by Gasteiger charge is -2.26. The number of anilines is 1. The Morgan fingerprint density at radius 1 is 1.09 bits per heavy atom. The molecule has 1 unspecified atom stereocenters. The average Bonchev–Trinajstić information content (AvgIpc) is 3.22. The zero-order chi connectivity index (χ0) is 25.0. The number of carbonyl (C=O) groups is 2. The molecule has 1 aromatic heterocycles. The molecule has 0 fully saturated rings. The number of aromatic nitrogens is 2. The standard InChI is InChI=1S/C25H27N3O7/c1-25(2,15-31-3)35-23(30)20-21(27-24(32-4)28(20)16-10-6-5-7-11-16)26-22(29)19-14-33-17-12-8-9-13-18(17)34-19/h5-13,19H,14-15H2,1-4H3,(H,26,29). The number of hydrogen-bond acceptors (Lipinski definition) is 8. The smallest absolute Gasteiger partial charge is 0.359 e. The number of rotatable bonds is 8. The summed E-state index contributed by atoms with van der Waals surface area (Å²) in [5, 5.41) is 2.69. The van der Waals surface area contributed by atoms with Gasteiger partial charge in [0.15, 0.2) is 23.0 Å². The van der Waals surface area contributed by atoms with Gasteiger partial charge in [0, 0.05) is 7.11 Å². The highest BCUT2D eigenvalue weighted by Crippen LogP contribution is 2.32. The summed E-state index contributed by atoms with van der Waals surface area (Å²) in [5.41, 5.74) is -0.348. The van der Waals surface area contributed by atoms with Crippen LogP contribution in [0.4, 0.5) is 5.82 Å². The summed E-state index contributed by atoms with van der Waals surface area (Å²) in [6.45, 7) is 3.61. The van der Waals surface area contributed by atoms with E-state index in [4.69, 9.17) is 23.7 Å². The molecule has 2 aromatic carbocycles. The van der Waals surface area contributed by atoms with E-state index in [2.05, 4.69) is 10.3 Å². The zero-order valence-electron chi connectivity index (χ0n) is 19.9. The number of amides is 1. The molecular formula is C25H27N3O7. The van der Waals surface area contributed by atoms with Gasteiger partial charge in [-0.3, -0.25) is 9.36 Å². The van der Waals surface area contributed by atoms with Gasteiger partial charge >= 0.3 is 12.0 Å². The lowest BCUT2D eigenvalue weighted by Crippen LogP contribution is -2.40. The number of imidazole rings is 1. The first-order valence-electron chi connectivity index (χ1n) is 11.0. The fourth-order valence-electron chi connectivity index (χ4n) is 3.65. The summed E-state index contributed by atoms with van der Waals surface area (Å²) < 4.78 is 29.2. The number of carbonyl (C=O) groups excluding carboxylic acids is 2. The summed E-state index contributed by atoms with van der Waals surface area (Å²) >= 11 is 0. The van der Waals surface area contributed by atoms with E-state index in [1.165, 1.54) is 18.8 Å². The van der Waals surface area contributed by atoms with Crippen LogP contribution in [-0.4, -0.2) is 60.6 Å². The molecule has 35 heavy (non-hydrogen) atoms. The summed E-state index contributed by atoms with van der Waals surface area (Å²) in [6, 6.07) is 16.2. The molecule has 0 radical (unpaired) electrons. The normalized spacial score (nSPS) is 14.8. The van der Waals surface area contributed by atoms with Crippen LogP contribution >= 0.6 is 0 Å². The van der Waals surface area contributed by atoms with Gasteiger partial charge in [0.1, 0.15) is 12.2 Å². The number of fused-ring (bicyclic) bond motifs is 1. The first-order valence-corrected chi connectivity index (χ1v) is 11.0. The molecule has 0 aliphatic carbocycles. The largest absolute Gasteiger partial charge is 0.485 e. The van der Waals surface area contributed by atoms with Gasteiger partial charge in [-0.1, -0.05) is 30.3 Å². The highest BCUT2D eigenvalue weighted by atomic mass is 16.6. The zero-order valence-corrected chi connectivity index (χ0v) is 19.9. The molecule has 1 atom stereocenters. The molecule has 0 saturated heterocycles. The fraction of sp³-hybridized carbons (Fsp3) is 0.320. The van der Waals surface area contributed by atoms with Crippen LogP contribution in [0.1, 0.15) is 24.3 Å². The Morgan fingerprint density at radius 2 is 1.77 bits per heavy atom. The minimum atomic E-state index is -0.952. The minimum absolute atomic E-state index is 0.0000249. The van der Waals surface area contributed by atoms with Crippen LogP contribution in [-0.2, 0) is 14.3 Å². The Morgan fingerprint density at radius 3 is 2.46 bits per heavy atom. The highest BCUT2D eigenvalue weighted by molar-refractivity contribution is 6.01. The van der Waals surface area contributed by atoms with Crippen LogP contribution in [0.25, 0.3) is 5.69 Å². The molecule has 184 valence electrons. The number of benzene rings is 2. The van der Waals surface area contributed by atoms with E-state index in [0.29, 0.717) is 17.2 Å². The maximum atomic E-state index is 13.4. The predicted molar refractivity (Wildman–Crippen MR) is 126 cm³/mol. The van der Waals surface area contributed by atoms with Gasteiger partial charge in [-0.2, -0.15) is 4.98 Å². The third kappa shape index (κ3) is 5.22. The molecule has 2 heterocycles. The first-order chi connectivity index (χ1) is 16.8. The third-order valence-electron chi connectivity index (χ3n) is 5.14. The van der Waals surface area contributed by atoms with E-state index in [0.717, 1.165) is 0 Å². The molecule has 1 aliphatic heterocycles. The van der Waals surface area contributed by atoms with Gasteiger partial charge in [0.05, 0.1) is 19.4 Å². The van der Waals surface area contributed by atoms with E-state index >= 15 is 0 Å². The van der Waals surface area contributed by atoms with Gasteiger partial charge in [0.25, 0.3) is 5.91 Å². The molecule has 3 aromatic rings. The van der Waals surface area contributed by atoms with Crippen molar-refractivity contribution < 1.29 is 33.3 Å². The second-order valence-electron chi connectivity index (χ2n) is 8.40. The lowest BCUT2D eigenvalue weighted by atomic mass is 10.1. The Bertz CT molecular complexity index is 1210. The minimum Gasteiger partial charge on any atom is -0.485 e. The fourth-order valence-corrected chi connectivity index (χ4v) is 3.65. The van der Waals surface area contributed by atoms with E-state index in [9.17, 15) is 9.59 Å². The predicted octanol–water partition coefficient (Wildman–Crippen LogP) is 3.24. The Labute approximate surface area is 202 Å². The van der Waals surface area contributed by atoms with Crippen molar-refractivity contribution in [2.75, 3.05) is 32.8 Å². The summed E-state index contributed by atoms with van der Waals surface area (Å²) in [7, 11) is 2.94. The lowest BCUT2D eigenvalue weighted by molar-refractivity contribution is -0.125. The van der Waals surface area contributed by atoms with Crippen molar-refractivity contribution in [1.29, 1.82) is 0 Å².